The summed E-state index contributed by atoms with van der Waals surface area (Å²) in [4.78, 5) is 14.8. The number of morpholine rings is 1. The van der Waals surface area contributed by atoms with Gasteiger partial charge >= 0.3 is 0 Å². The molecule has 1 amide bonds. The zero-order chi connectivity index (χ0) is 17.8. The first-order valence-electron chi connectivity index (χ1n) is 8.83. The van der Waals surface area contributed by atoms with Crippen molar-refractivity contribution >= 4 is 18.3 Å². The maximum atomic E-state index is 12.8. The van der Waals surface area contributed by atoms with Crippen LogP contribution < -0.4 is 5.73 Å². The molecule has 0 saturated carbocycles. The van der Waals surface area contributed by atoms with Crippen LogP contribution in [0.3, 0.4) is 0 Å². The number of nitrogens with zero attached hydrogens (tertiary/aromatic N) is 1. The predicted octanol–water partition coefficient (Wildman–Crippen LogP) is 3.80. The number of carbonyl (C=O) groups excluding carboxylic acids is 1. The van der Waals surface area contributed by atoms with E-state index in [0.717, 1.165) is 11.1 Å². The van der Waals surface area contributed by atoms with E-state index in [1.807, 2.05) is 54.3 Å². The average molecular weight is 375 g/mol. The number of hydrogen-bond acceptors (Lipinski definition) is 3. The van der Waals surface area contributed by atoms with Gasteiger partial charge in [0.1, 0.15) is 6.10 Å². The molecule has 26 heavy (non-hydrogen) atoms. The molecule has 0 aliphatic carbocycles. The van der Waals surface area contributed by atoms with Crippen molar-refractivity contribution < 1.29 is 9.53 Å². The molecule has 140 valence electrons. The molecule has 3 unspecified atom stereocenters. The molecule has 1 fully saturated rings. The molecule has 4 nitrogen and oxygen atoms in total. The number of hydrogen-bond donors (Lipinski definition) is 1. The van der Waals surface area contributed by atoms with E-state index >= 15 is 0 Å². The summed E-state index contributed by atoms with van der Waals surface area (Å²) >= 11 is 0. The van der Waals surface area contributed by atoms with E-state index in [9.17, 15) is 4.79 Å². The molecule has 0 radical (unpaired) electrons. The Morgan fingerprint density at radius 1 is 1.19 bits per heavy atom. The maximum Gasteiger partial charge on any atom is 0.224 e. The molecule has 0 spiro atoms. The van der Waals surface area contributed by atoms with Crippen LogP contribution in [0.1, 0.15) is 42.2 Å². The lowest BCUT2D eigenvalue weighted by atomic mass is 9.99. The van der Waals surface area contributed by atoms with E-state index in [4.69, 9.17) is 10.5 Å². The summed E-state index contributed by atoms with van der Waals surface area (Å²) in [6, 6.07) is 17.8. The molecule has 1 aliphatic rings. The molecule has 1 saturated heterocycles. The Morgan fingerprint density at radius 2 is 1.85 bits per heavy atom. The molecule has 0 aromatic heterocycles. The van der Waals surface area contributed by atoms with Crippen molar-refractivity contribution in [2.45, 2.75) is 38.5 Å². The Bertz CT molecular complexity index is 723. The lowest BCUT2D eigenvalue weighted by molar-refractivity contribution is -0.144. The van der Waals surface area contributed by atoms with E-state index in [2.05, 4.69) is 19.1 Å². The van der Waals surface area contributed by atoms with Crippen molar-refractivity contribution in [3.63, 3.8) is 0 Å². The minimum Gasteiger partial charge on any atom is -0.370 e. The smallest absolute Gasteiger partial charge is 0.224 e. The number of aryl methyl sites for hydroxylation is 1. The van der Waals surface area contributed by atoms with Gasteiger partial charge in [-0.2, -0.15) is 0 Å². The van der Waals surface area contributed by atoms with Crippen LogP contribution in [0.15, 0.2) is 54.6 Å². The third kappa shape index (κ3) is 4.64. The van der Waals surface area contributed by atoms with Crippen LogP contribution in [0.2, 0.25) is 0 Å². The van der Waals surface area contributed by atoms with Crippen LogP contribution in [0.5, 0.6) is 0 Å². The Kier molecular flexibility index (Phi) is 7.21. The minimum absolute atomic E-state index is 0. The van der Waals surface area contributed by atoms with Crippen LogP contribution in [0.4, 0.5) is 0 Å². The monoisotopic (exact) mass is 374 g/mol. The summed E-state index contributed by atoms with van der Waals surface area (Å²) in [6.07, 6.45) is 0.240. The fourth-order valence-corrected chi connectivity index (χ4v) is 3.36. The van der Waals surface area contributed by atoms with Gasteiger partial charge < -0.3 is 15.4 Å². The first-order valence-corrected chi connectivity index (χ1v) is 8.83. The van der Waals surface area contributed by atoms with Gasteiger partial charge in [0.2, 0.25) is 5.91 Å². The zero-order valence-corrected chi connectivity index (χ0v) is 16.1. The highest BCUT2D eigenvalue weighted by molar-refractivity contribution is 5.85. The molecule has 1 aliphatic heterocycles. The van der Waals surface area contributed by atoms with Gasteiger partial charge in [0.25, 0.3) is 0 Å². The predicted molar refractivity (Wildman–Crippen MR) is 106 cm³/mol. The van der Waals surface area contributed by atoms with Gasteiger partial charge in [-0.15, -0.1) is 12.4 Å². The molecule has 0 bridgehead atoms. The van der Waals surface area contributed by atoms with Gasteiger partial charge in [0.05, 0.1) is 19.2 Å². The van der Waals surface area contributed by atoms with E-state index in [-0.39, 0.29) is 36.5 Å². The fraction of sp³-hybridized carbons (Fsp3) is 0.381. The van der Waals surface area contributed by atoms with Gasteiger partial charge in [-0.25, -0.2) is 0 Å². The Labute approximate surface area is 161 Å². The van der Waals surface area contributed by atoms with Crippen molar-refractivity contribution in [3.8, 4) is 0 Å². The molecule has 2 N–H and O–H groups in total. The van der Waals surface area contributed by atoms with E-state index < -0.39 is 0 Å². The second-order valence-electron chi connectivity index (χ2n) is 6.79. The number of rotatable bonds is 4. The molecule has 1 heterocycles. The van der Waals surface area contributed by atoms with Crippen molar-refractivity contribution in [1.29, 1.82) is 0 Å². The zero-order valence-electron chi connectivity index (χ0n) is 15.3. The SMILES string of the molecule is Cc1ccccc1C1CN(C(=O)CC(N)c2ccccc2)C(C)CO1.Cl. The molecule has 2 aromatic rings. The quantitative estimate of drug-likeness (QED) is 0.885. The number of nitrogens with two attached hydrogens (primary N) is 1. The second kappa shape index (κ2) is 9.17. The van der Waals surface area contributed by atoms with Crippen molar-refractivity contribution in [3.05, 3.63) is 71.3 Å². The van der Waals surface area contributed by atoms with Gasteiger partial charge in [-0.05, 0) is 30.5 Å². The highest BCUT2D eigenvalue weighted by Crippen LogP contribution is 2.28. The minimum atomic E-state index is -0.277. The Morgan fingerprint density at radius 3 is 2.54 bits per heavy atom. The third-order valence-electron chi connectivity index (χ3n) is 4.91. The summed E-state index contributed by atoms with van der Waals surface area (Å²) in [6.45, 7) is 5.23. The molecular formula is C21H27ClN2O2. The van der Waals surface area contributed by atoms with Gasteiger partial charge in [-0.1, -0.05) is 54.6 Å². The van der Waals surface area contributed by atoms with Crippen LogP contribution >= 0.6 is 12.4 Å². The third-order valence-corrected chi connectivity index (χ3v) is 4.91. The molecule has 3 atom stereocenters. The fourth-order valence-electron chi connectivity index (χ4n) is 3.36. The van der Waals surface area contributed by atoms with Crippen molar-refractivity contribution in [2.24, 2.45) is 5.73 Å². The van der Waals surface area contributed by atoms with Crippen LogP contribution in [0, 0.1) is 6.92 Å². The largest absolute Gasteiger partial charge is 0.370 e. The number of benzene rings is 2. The first kappa shape index (κ1) is 20.4. The number of carbonyl (C=O) groups is 1. The van der Waals surface area contributed by atoms with E-state index in [1.54, 1.807) is 0 Å². The highest BCUT2D eigenvalue weighted by atomic mass is 35.5. The topological polar surface area (TPSA) is 55.6 Å². The Hall–Kier alpha value is -1.88. The van der Waals surface area contributed by atoms with Gasteiger partial charge in [-0.3, -0.25) is 4.79 Å². The Balaban J connectivity index is 0.00000243. The first-order chi connectivity index (χ1) is 12.1. The number of amides is 1. The highest BCUT2D eigenvalue weighted by Gasteiger charge is 2.31. The molecule has 3 rings (SSSR count). The van der Waals surface area contributed by atoms with Crippen LogP contribution in [-0.2, 0) is 9.53 Å². The summed E-state index contributed by atoms with van der Waals surface area (Å²) in [7, 11) is 0. The lowest BCUT2D eigenvalue weighted by Crippen LogP contribution is -2.48. The normalized spacial score (nSPS) is 21.0. The van der Waals surface area contributed by atoms with E-state index in [0.29, 0.717) is 19.6 Å². The summed E-state index contributed by atoms with van der Waals surface area (Å²) in [5.41, 5.74) is 9.57. The standard InChI is InChI=1S/C21H26N2O2.ClH/c1-15-8-6-7-11-18(15)20-13-23(16(2)14-25-20)21(24)12-19(22)17-9-4-3-5-10-17;/h3-11,16,19-20H,12-14,22H2,1-2H3;1H. The molecule has 2 aromatic carbocycles. The molecule has 5 heteroatoms. The van der Waals surface area contributed by atoms with Crippen LogP contribution in [-0.4, -0.2) is 30.0 Å². The lowest BCUT2D eigenvalue weighted by Gasteiger charge is -2.39. The van der Waals surface area contributed by atoms with Gasteiger partial charge in [0.15, 0.2) is 0 Å². The maximum absolute atomic E-state index is 12.8. The van der Waals surface area contributed by atoms with Gasteiger partial charge in [0, 0.05) is 12.5 Å². The van der Waals surface area contributed by atoms with E-state index in [1.165, 1.54) is 5.56 Å². The summed E-state index contributed by atoms with van der Waals surface area (Å²) in [5, 5.41) is 0. The van der Waals surface area contributed by atoms with Crippen LogP contribution in [0.25, 0.3) is 0 Å². The average Bonchev–Trinajstić information content (AvgIpc) is 2.63. The van der Waals surface area contributed by atoms with Crippen molar-refractivity contribution in [2.75, 3.05) is 13.2 Å². The summed E-state index contributed by atoms with van der Waals surface area (Å²) < 4.78 is 6.00. The molecular weight excluding hydrogens is 348 g/mol. The number of ether oxygens (including phenoxy) is 1. The second-order valence-corrected chi connectivity index (χ2v) is 6.79. The number of halogens is 1. The summed E-state index contributed by atoms with van der Waals surface area (Å²) in [5.74, 6) is 0.0886. The van der Waals surface area contributed by atoms with Crippen molar-refractivity contribution in [1.82, 2.24) is 4.90 Å².